The summed E-state index contributed by atoms with van der Waals surface area (Å²) in [6.45, 7) is 1.23. The molecule has 0 saturated heterocycles. The van der Waals surface area contributed by atoms with Crippen molar-refractivity contribution in [3.63, 3.8) is 0 Å². The first-order valence-corrected chi connectivity index (χ1v) is 3.51. The van der Waals surface area contributed by atoms with Gasteiger partial charge in [0.15, 0.2) is 11.5 Å². The molecule has 0 saturated carbocycles. The van der Waals surface area contributed by atoms with Gasteiger partial charge in [-0.2, -0.15) is 0 Å². The molecule has 63 valence electrons. The zero-order valence-electron chi connectivity index (χ0n) is 6.49. The summed E-state index contributed by atoms with van der Waals surface area (Å²) in [5.74, 6) is 1.53. The first kappa shape index (κ1) is 8.67. The third kappa shape index (κ3) is 1.43. The molecule has 1 heterocycles. The van der Waals surface area contributed by atoms with Gasteiger partial charge < -0.3 is 15.2 Å². The van der Waals surface area contributed by atoms with E-state index in [-0.39, 0.29) is 6.15 Å². The summed E-state index contributed by atoms with van der Waals surface area (Å²) < 4.78 is 10.6. The second-order valence-corrected chi connectivity index (χ2v) is 2.40. The number of ether oxygens (including phenoxy) is 2. The molecule has 2 N–H and O–H groups in total. The van der Waals surface area contributed by atoms with Crippen molar-refractivity contribution in [1.29, 1.82) is 0 Å². The summed E-state index contributed by atoms with van der Waals surface area (Å²) >= 11 is 0. The van der Waals surface area contributed by atoms with Gasteiger partial charge in [0.2, 0.25) is 0 Å². The van der Waals surface area contributed by atoms with Gasteiger partial charge in [0.1, 0.15) is 13.2 Å². The third-order valence-corrected chi connectivity index (χ3v) is 1.57. The van der Waals surface area contributed by atoms with E-state index in [4.69, 9.17) is 15.2 Å². The molecule has 3 radical (unpaired) electrons. The number of nitrogens with two attached hydrogens (primary N) is 1. The molecule has 0 fully saturated rings. The van der Waals surface area contributed by atoms with Crippen LogP contribution in [0.2, 0.25) is 0 Å². The van der Waals surface area contributed by atoms with Crippen molar-refractivity contribution in [2.75, 3.05) is 18.9 Å². The van der Waals surface area contributed by atoms with E-state index < -0.39 is 0 Å². The number of rotatable bonds is 0. The number of hydrogen-bond acceptors (Lipinski definition) is 3. The summed E-state index contributed by atoms with van der Waals surface area (Å²) in [5, 5.41) is 0. The molecule has 2 rings (SSSR count). The van der Waals surface area contributed by atoms with Gasteiger partial charge in [-0.05, 0) is 12.1 Å². The SMILES string of the molecule is Nc1ccc2c(c1)OCCO2.[N]. The highest BCUT2D eigenvalue weighted by atomic mass is 16.6. The minimum Gasteiger partial charge on any atom is -0.486 e. The Kier molecular flexibility index (Phi) is 2.40. The van der Waals surface area contributed by atoms with Crippen molar-refractivity contribution < 1.29 is 9.47 Å². The topological polar surface area (TPSA) is 75.0 Å². The van der Waals surface area contributed by atoms with Crippen LogP contribution in [-0.4, -0.2) is 13.2 Å². The molecule has 12 heavy (non-hydrogen) atoms. The number of nitrogens with zero attached hydrogens (tertiary/aromatic N) is 1. The van der Waals surface area contributed by atoms with Crippen LogP contribution < -0.4 is 21.4 Å². The lowest BCUT2D eigenvalue weighted by Crippen LogP contribution is -2.15. The highest BCUT2D eigenvalue weighted by Gasteiger charge is 2.09. The van der Waals surface area contributed by atoms with Crippen molar-refractivity contribution in [2.45, 2.75) is 0 Å². The summed E-state index contributed by atoms with van der Waals surface area (Å²) in [7, 11) is 0. The van der Waals surface area contributed by atoms with E-state index in [2.05, 4.69) is 0 Å². The Hall–Kier alpha value is -1.42. The molecule has 0 atom stereocenters. The quantitative estimate of drug-likeness (QED) is 0.570. The fraction of sp³-hybridized carbons (Fsp3) is 0.250. The highest BCUT2D eigenvalue weighted by Crippen LogP contribution is 2.31. The molecule has 1 aromatic rings. The maximum atomic E-state index is 5.55. The van der Waals surface area contributed by atoms with Crippen molar-refractivity contribution in [1.82, 2.24) is 6.15 Å². The van der Waals surface area contributed by atoms with Crippen LogP contribution in [0.3, 0.4) is 0 Å². The lowest BCUT2D eigenvalue weighted by molar-refractivity contribution is 0.171. The number of fused-ring (bicyclic) bond motifs is 1. The standard InChI is InChI=1S/C8H9NO2.N/c9-6-1-2-7-8(5-6)11-4-3-10-7;/h1-2,5H,3-4,9H2;. The first-order chi connectivity index (χ1) is 5.36. The van der Waals surface area contributed by atoms with Gasteiger partial charge in [0.05, 0.1) is 0 Å². The molecule has 1 aliphatic heterocycles. The van der Waals surface area contributed by atoms with Crippen LogP contribution in [0.25, 0.3) is 0 Å². The minimum absolute atomic E-state index is 0. The lowest BCUT2D eigenvalue weighted by atomic mass is 10.3. The molecule has 1 aliphatic rings. The van der Waals surface area contributed by atoms with E-state index in [0.29, 0.717) is 18.9 Å². The number of hydrogen-bond donors (Lipinski definition) is 1. The zero-order chi connectivity index (χ0) is 7.68. The smallest absolute Gasteiger partial charge is 0.163 e. The second-order valence-electron chi connectivity index (χ2n) is 2.40. The molecule has 0 unspecified atom stereocenters. The van der Waals surface area contributed by atoms with Crippen LogP contribution in [0.15, 0.2) is 18.2 Å². The van der Waals surface area contributed by atoms with Crippen LogP contribution in [0.4, 0.5) is 5.69 Å². The predicted octanol–water partition coefficient (Wildman–Crippen LogP) is 0.559. The van der Waals surface area contributed by atoms with E-state index in [1.807, 2.05) is 6.07 Å². The molecule has 0 aromatic heterocycles. The minimum atomic E-state index is 0. The van der Waals surface area contributed by atoms with Crippen LogP contribution in [0.1, 0.15) is 0 Å². The van der Waals surface area contributed by atoms with E-state index in [0.717, 1.165) is 11.5 Å². The maximum Gasteiger partial charge on any atom is 0.163 e. The van der Waals surface area contributed by atoms with Crippen molar-refractivity contribution >= 4 is 5.69 Å². The summed E-state index contributed by atoms with van der Waals surface area (Å²) in [4.78, 5) is 0. The van der Waals surface area contributed by atoms with Gasteiger partial charge in [0, 0.05) is 17.9 Å². The second kappa shape index (κ2) is 3.32. The fourth-order valence-corrected chi connectivity index (χ4v) is 1.06. The molecule has 4 nitrogen and oxygen atoms in total. The van der Waals surface area contributed by atoms with Crippen molar-refractivity contribution in [3.8, 4) is 11.5 Å². The van der Waals surface area contributed by atoms with Crippen LogP contribution >= 0.6 is 0 Å². The number of nitrogen functional groups attached to an aromatic ring is 1. The Morgan fingerprint density at radius 3 is 2.50 bits per heavy atom. The van der Waals surface area contributed by atoms with Crippen molar-refractivity contribution in [2.24, 2.45) is 0 Å². The van der Waals surface area contributed by atoms with E-state index in [1.54, 1.807) is 12.1 Å². The van der Waals surface area contributed by atoms with Gasteiger partial charge in [-0.3, -0.25) is 0 Å². The normalized spacial score (nSPS) is 13.3. The lowest BCUT2D eigenvalue weighted by Gasteiger charge is -2.17. The molecule has 4 heteroatoms. The van der Waals surface area contributed by atoms with E-state index in [9.17, 15) is 0 Å². The third-order valence-electron chi connectivity index (χ3n) is 1.57. The highest BCUT2D eigenvalue weighted by molar-refractivity contribution is 5.52. The van der Waals surface area contributed by atoms with Crippen LogP contribution in [-0.2, 0) is 0 Å². The molecule has 0 spiro atoms. The largest absolute Gasteiger partial charge is 0.486 e. The maximum absolute atomic E-state index is 5.55. The fourth-order valence-electron chi connectivity index (χ4n) is 1.06. The predicted molar refractivity (Wildman–Crippen MR) is 44.0 cm³/mol. The number of anilines is 1. The summed E-state index contributed by atoms with van der Waals surface area (Å²) in [5.41, 5.74) is 6.25. The Morgan fingerprint density at radius 2 is 1.75 bits per heavy atom. The average Bonchev–Trinajstić information content (AvgIpc) is 2.04. The molecule has 0 amide bonds. The van der Waals surface area contributed by atoms with Gasteiger partial charge in [-0.1, -0.05) is 0 Å². The zero-order valence-corrected chi connectivity index (χ0v) is 6.49. The Morgan fingerprint density at radius 1 is 1.08 bits per heavy atom. The van der Waals surface area contributed by atoms with Crippen molar-refractivity contribution in [3.05, 3.63) is 18.2 Å². The average molecular weight is 165 g/mol. The molecular formula is C8H9N2O2. The van der Waals surface area contributed by atoms with Gasteiger partial charge >= 0.3 is 0 Å². The Labute approximate surface area is 70.9 Å². The van der Waals surface area contributed by atoms with Gasteiger partial charge in [-0.25, -0.2) is 0 Å². The van der Waals surface area contributed by atoms with Gasteiger partial charge in [-0.15, -0.1) is 0 Å². The molecule has 0 aliphatic carbocycles. The Bertz CT molecular complexity index is 276. The van der Waals surface area contributed by atoms with Crippen LogP contribution in [0.5, 0.6) is 11.5 Å². The number of benzene rings is 1. The van der Waals surface area contributed by atoms with Crippen LogP contribution in [0, 0.1) is 0 Å². The molecular weight excluding hydrogens is 156 g/mol. The monoisotopic (exact) mass is 165 g/mol. The molecule has 1 aromatic carbocycles. The summed E-state index contributed by atoms with van der Waals surface area (Å²) in [6, 6.07) is 5.39. The first-order valence-electron chi connectivity index (χ1n) is 3.51. The van der Waals surface area contributed by atoms with Gasteiger partial charge in [0.25, 0.3) is 0 Å². The van der Waals surface area contributed by atoms with E-state index in [1.165, 1.54) is 0 Å². The molecule has 0 bridgehead atoms. The Balaban J connectivity index is 0.000000720. The summed E-state index contributed by atoms with van der Waals surface area (Å²) in [6.07, 6.45) is 0. The van der Waals surface area contributed by atoms with E-state index >= 15 is 0 Å².